The number of aromatic carboxylic acids is 8. The van der Waals surface area contributed by atoms with Gasteiger partial charge in [0.2, 0.25) is 0 Å². The topological polar surface area (TPSA) is 367 Å². The van der Waals surface area contributed by atoms with Crippen LogP contribution in [-0.4, -0.2) is 77.9 Å². The fourth-order valence-corrected chi connectivity index (χ4v) is 7.97. The van der Waals surface area contributed by atoms with Crippen LogP contribution < -0.4 is 30.6 Å². The van der Waals surface area contributed by atoms with E-state index in [1.807, 2.05) is 24.3 Å². The van der Waals surface area contributed by atoms with Gasteiger partial charge in [-0.15, -0.1) is 0 Å². The minimum absolute atomic E-state index is 0. The molecule has 0 bridgehead atoms. The molecule has 4 aromatic heterocycles. The summed E-state index contributed by atoms with van der Waals surface area (Å²) >= 11 is 0. The van der Waals surface area contributed by atoms with Crippen LogP contribution in [0.3, 0.4) is 0 Å². The van der Waals surface area contributed by atoms with Gasteiger partial charge in [-0.05, 0) is 81.9 Å². The summed E-state index contributed by atoms with van der Waals surface area (Å²) in [5.74, 6) is -8.53. The first-order valence-electron chi connectivity index (χ1n) is 29.7. The Hall–Kier alpha value is -11.8. The van der Waals surface area contributed by atoms with Gasteiger partial charge in [-0.25, -0.2) is 9.59 Å². The van der Waals surface area contributed by atoms with Gasteiger partial charge < -0.3 is 69.6 Å². The minimum Gasteiger partial charge on any atom is -0.545 e. The second-order valence-corrected chi connectivity index (χ2v) is 19.7. The van der Waals surface area contributed by atoms with E-state index in [0.29, 0.717) is 11.1 Å². The number of fused-ring (bicyclic) bond motifs is 6. The third-order valence-corrected chi connectivity index (χ3v) is 12.8. The Kier molecular flexibility index (Phi) is 39.7. The number of hydrogen-bond donors (Lipinski definition) is 2. The number of hydrogen-bond acceptors (Lipinski definition) is 18. The number of carboxylic acids is 8. The zero-order valence-corrected chi connectivity index (χ0v) is 57.7. The van der Waals surface area contributed by atoms with Crippen molar-refractivity contribution in [3.05, 3.63) is 385 Å². The zero-order chi connectivity index (χ0) is 72.3. The molecule has 0 saturated heterocycles. The maximum atomic E-state index is 10.2. The third-order valence-electron chi connectivity index (χ3n) is 12.8. The second kappa shape index (κ2) is 48.0. The summed E-state index contributed by atoms with van der Waals surface area (Å²) < 4.78 is 0. The summed E-state index contributed by atoms with van der Waals surface area (Å²) in [5.41, 5.74) is 5.89. The molecule has 102 heavy (non-hydrogen) atoms. The van der Waals surface area contributed by atoms with Gasteiger partial charge in [0.25, 0.3) is 0 Å². The predicted octanol–water partition coefficient (Wildman–Crippen LogP) is 8.64. The van der Waals surface area contributed by atoms with Crippen LogP contribution in [0.2, 0.25) is 0 Å². The molecule has 0 aliphatic heterocycles. The van der Waals surface area contributed by atoms with Crippen molar-refractivity contribution in [3.63, 3.8) is 0 Å². The van der Waals surface area contributed by atoms with Crippen molar-refractivity contribution in [2.75, 3.05) is 0 Å². The van der Waals surface area contributed by atoms with E-state index in [9.17, 15) is 69.0 Å². The Morgan fingerprint density at radius 3 is 0.441 bits per heavy atom. The first-order valence-corrected chi connectivity index (χ1v) is 29.7. The predicted molar refractivity (Wildman–Crippen MR) is 366 cm³/mol. The van der Waals surface area contributed by atoms with Crippen molar-refractivity contribution >= 4 is 91.4 Å². The van der Waals surface area contributed by atoms with Gasteiger partial charge in [-0.3, -0.25) is 19.9 Å². The maximum Gasteiger partial charge on any atom is 3.00 e. The first kappa shape index (κ1) is 84.4. The standard InChI is InChI=1S/2C12H8N2.8C7H6O2.2Tb/c2*1-3-9-5-6-10-4-2-8-14-12(10)11(9)13-7-1;8*8-7(9)6-4-2-1-3-5-6;;/h2*1-8H;8*1-5H,(H,8,9);;/q;;;;;;;;;;2*+3/p-6. The van der Waals surface area contributed by atoms with Crippen molar-refractivity contribution in [1.29, 1.82) is 0 Å². The van der Waals surface area contributed by atoms with Gasteiger partial charge in [0.05, 0.1) is 69.0 Å². The van der Waals surface area contributed by atoms with Gasteiger partial charge >= 0.3 is 89.2 Å². The molecule has 20 nitrogen and oxygen atoms in total. The molecule has 0 aliphatic rings. The Labute approximate surface area is 646 Å². The molecule has 0 aliphatic carbocycles. The van der Waals surface area contributed by atoms with Crippen LogP contribution in [0.15, 0.2) is 340 Å². The quantitative estimate of drug-likeness (QED) is 0.134. The van der Waals surface area contributed by atoms with Gasteiger partial charge in [-0.1, -0.05) is 267 Å². The molecule has 0 atom stereocenters. The SMILES string of the molecule is O=C(O)c1ccccc1.O=C(O)c1ccccc1.O=C([O-])c1ccccc1.O=C([O-])c1ccccc1.O=C([O-])c1ccccc1.O=C([O-])c1ccccc1.O=C([O-])c1ccccc1.O=C([O-])c1ccccc1.[Tb+3].[Tb+3].c1cnc2c(c1)ccc1cccnc12.c1cnc2c(c1)ccc1cccnc12. The van der Waals surface area contributed by atoms with E-state index in [1.54, 1.807) is 195 Å². The number of carboxylic acid groups (broad SMARTS) is 8. The average Bonchev–Trinajstić information content (AvgIpc) is 0.805. The van der Waals surface area contributed by atoms with Crippen molar-refractivity contribution in [2.45, 2.75) is 0 Å². The molecular formula is C80H58N4O16Tb2. The summed E-state index contributed by atoms with van der Waals surface area (Å²) in [6.07, 6.45) is 7.21. The zero-order valence-electron chi connectivity index (χ0n) is 53.4. The van der Waals surface area contributed by atoms with Gasteiger partial charge in [0.15, 0.2) is 0 Å². The monoisotopic (exact) mass is 1650 g/mol. The Balaban J connectivity index is 0.000000296. The van der Waals surface area contributed by atoms with E-state index in [1.165, 1.54) is 72.8 Å². The molecule has 0 spiro atoms. The number of carbonyl (C=O) groups is 8. The molecule has 2 N–H and O–H groups in total. The Morgan fingerprint density at radius 2 is 0.333 bits per heavy atom. The maximum absolute atomic E-state index is 10.2. The van der Waals surface area contributed by atoms with Crippen LogP contribution in [0, 0.1) is 77.2 Å². The van der Waals surface area contributed by atoms with Gasteiger partial charge in [0.1, 0.15) is 0 Å². The number of benzene rings is 10. The average molecular weight is 1650 g/mol. The number of pyridine rings is 4. The fourth-order valence-electron chi connectivity index (χ4n) is 7.97. The van der Waals surface area contributed by atoms with E-state index >= 15 is 0 Å². The molecule has 0 fully saturated rings. The second-order valence-electron chi connectivity index (χ2n) is 19.7. The fraction of sp³-hybridized carbons (Fsp3) is 0. The molecule has 0 saturated carbocycles. The molecule has 0 radical (unpaired) electrons. The largest absolute Gasteiger partial charge is 3.00 e. The van der Waals surface area contributed by atoms with Gasteiger partial charge in [0, 0.05) is 46.3 Å². The van der Waals surface area contributed by atoms with Crippen LogP contribution >= 0.6 is 0 Å². The van der Waals surface area contributed by atoms with E-state index in [4.69, 9.17) is 10.2 Å². The van der Waals surface area contributed by atoms with Crippen LogP contribution in [0.5, 0.6) is 0 Å². The van der Waals surface area contributed by atoms with E-state index < -0.39 is 47.8 Å². The van der Waals surface area contributed by atoms with Crippen molar-refractivity contribution in [2.24, 2.45) is 0 Å². The van der Waals surface area contributed by atoms with Crippen molar-refractivity contribution in [1.82, 2.24) is 19.9 Å². The Bertz CT molecular complexity index is 4040. The normalized spacial score (nSPS) is 9.25. The number of carbonyl (C=O) groups excluding carboxylic acids is 6. The number of aromatic nitrogens is 4. The van der Waals surface area contributed by atoms with Crippen molar-refractivity contribution in [3.8, 4) is 0 Å². The van der Waals surface area contributed by atoms with Crippen molar-refractivity contribution < 1.29 is 156 Å². The van der Waals surface area contributed by atoms with Crippen LogP contribution in [0.25, 0.3) is 43.6 Å². The smallest absolute Gasteiger partial charge is 0.545 e. The summed E-state index contributed by atoms with van der Waals surface area (Å²) in [5, 5.41) is 81.9. The van der Waals surface area contributed by atoms with E-state index in [-0.39, 0.29) is 111 Å². The molecule has 0 amide bonds. The van der Waals surface area contributed by atoms with Crippen LogP contribution in [-0.2, 0) is 0 Å². The third kappa shape index (κ3) is 31.4. The molecule has 512 valence electrons. The van der Waals surface area contributed by atoms with Crippen LogP contribution in [0.1, 0.15) is 82.9 Å². The minimum atomic E-state index is -1.13. The molecule has 0 unspecified atom stereocenters. The molecule has 14 rings (SSSR count). The summed E-state index contributed by atoms with van der Waals surface area (Å²) in [6.45, 7) is 0. The number of rotatable bonds is 8. The molecule has 10 aromatic carbocycles. The summed E-state index contributed by atoms with van der Waals surface area (Å²) in [7, 11) is 0. The molecule has 14 aromatic rings. The first-order chi connectivity index (χ1) is 48.3. The summed E-state index contributed by atoms with van der Waals surface area (Å²) in [4.78, 5) is 98.3. The number of nitrogens with zero attached hydrogens (tertiary/aromatic N) is 4. The molecule has 4 heterocycles. The van der Waals surface area contributed by atoms with E-state index in [0.717, 1.165) is 43.6 Å². The van der Waals surface area contributed by atoms with E-state index in [2.05, 4.69) is 68.5 Å². The molecule has 22 heteroatoms. The molecular weight excluding hydrogens is 1590 g/mol. The van der Waals surface area contributed by atoms with Crippen LogP contribution in [0.4, 0.5) is 0 Å². The Morgan fingerprint density at radius 1 is 0.196 bits per heavy atom. The van der Waals surface area contributed by atoms with Gasteiger partial charge in [-0.2, -0.15) is 0 Å². The summed E-state index contributed by atoms with van der Waals surface area (Å²) in [6, 6.07) is 89.2.